The minimum absolute atomic E-state index is 0.152. The molecule has 122 valence electrons. The molecule has 0 aliphatic carbocycles. The summed E-state index contributed by atoms with van der Waals surface area (Å²) in [6.45, 7) is 6.04. The van der Waals surface area contributed by atoms with Crippen LogP contribution in [0.3, 0.4) is 0 Å². The van der Waals surface area contributed by atoms with Crippen molar-refractivity contribution in [3.05, 3.63) is 0 Å². The van der Waals surface area contributed by atoms with Gasteiger partial charge in [-0.2, -0.15) is 8.42 Å². The van der Waals surface area contributed by atoms with Gasteiger partial charge < -0.3 is 9.22 Å². The summed E-state index contributed by atoms with van der Waals surface area (Å²) < 4.78 is 36.6. The Labute approximate surface area is 127 Å². The highest BCUT2D eigenvalue weighted by molar-refractivity contribution is 7.85. The van der Waals surface area contributed by atoms with Crippen LogP contribution in [0.1, 0.15) is 19.3 Å². The summed E-state index contributed by atoms with van der Waals surface area (Å²) in [7, 11) is -2.19. The van der Waals surface area contributed by atoms with Gasteiger partial charge in [0, 0.05) is 13.5 Å². The summed E-state index contributed by atoms with van der Waals surface area (Å²) in [5, 5.41) is 0. The number of aliphatic imine (C=N–C) groups is 2. The lowest BCUT2D eigenvalue weighted by molar-refractivity contribution is -0.935. The van der Waals surface area contributed by atoms with Crippen LogP contribution in [0.25, 0.3) is 0 Å². The van der Waals surface area contributed by atoms with E-state index in [-0.39, 0.29) is 5.75 Å². The molecule has 0 amide bonds. The normalized spacial score (nSPS) is 18.0. The number of morpholine rings is 1. The van der Waals surface area contributed by atoms with E-state index < -0.39 is 10.1 Å². The number of hydrogen-bond donors (Lipinski definition) is 1. The number of hydrogen-bond acceptors (Lipinski definition) is 5. The van der Waals surface area contributed by atoms with Crippen LogP contribution in [0.2, 0.25) is 0 Å². The van der Waals surface area contributed by atoms with E-state index in [0.717, 1.165) is 56.7 Å². The van der Waals surface area contributed by atoms with Crippen LogP contribution in [0.15, 0.2) is 9.98 Å². The Morgan fingerprint density at radius 1 is 1.19 bits per heavy atom. The molecule has 0 bridgehead atoms. The highest BCUT2D eigenvalue weighted by Crippen LogP contribution is 2.15. The lowest BCUT2D eigenvalue weighted by Gasteiger charge is -2.41. The standard InChI is InChI=1S/C13H25N3O4S/c1-14-13-15-5-4-7-16(8-10-20-11-9-16)6-2-3-12-21(17,18)19/h2-12H2,1H3/p+1. The smallest absolute Gasteiger partial charge is 0.264 e. The maximum absolute atomic E-state index is 10.7. The predicted octanol–water partition coefficient (Wildman–Crippen LogP) is 0.695. The molecule has 1 aliphatic rings. The van der Waals surface area contributed by atoms with Gasteiger partial charge in [0.15, 0.2) is 0 Å². The Kier molecular flexibility index (Phi) is 8.06. The third kappa shape index (κ3) is 8.28. The molecule has 1 N–H and O–H groups in total. The van der Waals surface area contributed by atoms with E-state index in [9.17, 15) is 8.42 Å². The first kappa shape index (κ1) is 18.3. The Morgan fingerprint density at radius 3 is 2.48 bits per heavy atom. The molecule has 1 heterocycles. The molecule has 1 aliphatic heterocycles. The molecule has 0 atom stereocenters. The van der Waals surface area contributed by atoms with Gasteiger partial charge in [0.05, 0.1) is 44.6 Å². The molecule has 0 saturated carbocycles. The average Bonchev–Trinajstić information content (AvgIpc) is 2.44. The largest absolute Gasteiger partial charge is 0.370 e. The summed E-state index contributed by atoms with van der Waals surface area (Å²) in [6.07, 6.45) is 2.25. The third-order valence-electron chi connectivity index (χ3n) is 3.78. The fourth-order valence-electron chi connectivity index (χ4n) is 2.63. The van der Waals surface area contributed by atoms with Crippen LogP contribution < -0.4 is 0 Å². The Balaban J connectivity index is 2.40. The van der Waals surface area contributed by atoms with Crippen molar-refractivity contribution in [3.8, 4) is 0 Å². The fraction of sp³-hybridized carbons (Fsp3) is 0.923. The molecular formula is C13H26N3O4S+. The van der Waals surface area contributed by atoms with Gasteiger partial charge in [0.25, 0.3) is 10.1 Å². The molecule has 1 saturated heterocycles. The van der Waals surface area contributed by atoms with Crippen molar-refractivity contribution in [1.82, 2.24) is 0 Å². The summed E-state index contributed by atoms with van der Waals surface area (Å²) in [6, 6.07) is 2.59. The summed E-state index contributed by atoms with van der Waals surface area (Å²) in [5.74, 6) is -0.152. The average molecular weight is 320 g/mol. The minimum Gasteiger partial charge on any atom is -0.370 e. The Morgan fingerprint density at radius 2 is 1.86 bits per heavy atom. The fourth-order valence-corrected chi connectivity index (χ4v) is 3.20. The lowest BCUT2D eigenvalue weighted by Crippen LogP contribution is -2.56. The van der Waals surface area contributed by atoms with E-state index >= 15 is 0 Å². The zero-order chi connectivity index (χ0) is 15.6. The topological polar surface area (TPSA) is 88.3 Å². The molecule has 0 aromatic heterocycles. The first-order valence-electron chi connectivity index (χ1n) is 7.36. The molecular weight excluding hydrogens is 294 g/mol. The van der Waals surface area contributed by atoms with Gasteiger partial charge in [-0.05, 0) is 12.8 Å². The third-order valence-corrected chi connectivity index (χ3v) is 4.58. The second-order valence-electron chi connectivity index (χ2n) is 5.40. The highest BCUT2D eigenvalue weighted by Gasteiger charge is 2.29. The molecule has 0 aromatic rings. The molecule has 8 heteroatoms. The van der Waals surface area contributed by atoms with Gasteiger partial charge in [-0.15, -0.1) is 0 Å². The van der Waals surface area contributed by atoms with Crippen LogP contribution in [0.5, 0.6) is 0 Å². The second-order valence-corrected chi connectivity index (χ2v) is 6.97. The van der Waals surface area contributed by atoms with E-state index in [1.807, 2.05) is 0 Å². The van der Waals surface area contributed by atoms with Crippen molar-refractivity contribution in [3.63, 3.8) is 0 Å². The number of quaternary nitrogens is 1. The number of ether oxygens (including phenoxy) is 1. The van der Waals surface area contributed by atoms with Gasteiger partial charge in [-0.1, -0.05) is 0 Å². The van der Waals surface area contributed by atoms with Crippen LogP contribution in [0.4, 0.5) is 0 Å². The van der Waals surface area contributed by atoms with E-state index in [2.05, 4.69) is 16.0 Å². The van der Waals surface area contributed by atoms with Crippen LogP contribution in [0, 0.1) is 0 Å². The predicted molar refractivity (Wildman–Crippen MR) is 81.5 cm³/mol. The number of unbranched alkanes of at least 4 members (excludes halogenated alkanes) is 1. The van der Waals surface area contributed by atoms with E-state index in [1.54, 1.807) is 7.05 Å². The van der Waals surface area contributed by atoms with E-state index in [1.165, 1.54) is 0 Å². The lowest BCUT2D eigenvalue weighted by atomic mass is 10.2. The first-order chi connectivity index (χ1) is 9.97. The maximum Gasteiger partial charge on any atom is 0.264 e. The maximum atomic E-state index is 10.7. The highest BCUT2D eigenvalue weighted by atomic mass is 32.2. The summed E-state index contributed by atoms with van der Waals surface area (Å²) in [5.41, 5.74) is 0. The number of nitrogens with zero attached hydrogens (tertiary/aromatic N) is 3. The Bertz CT molecular complexity index is 452. The molecule has 1 rings (SSSR count). The molecule has 0 spiro atoms. The SMILES string of the molecule is CN=C=NCCC[N+]1(CCCCS(=O)(=O)O)CCOCC1. The van der Waals surface area contributed by atoms with Crippen LogP contribution in [-0.2, 0) is 14.9 Å². The minimum atomic E-state index is -3.84. The molecule has 1 fully saturated rings. The Hall–Kier alpha value is -0.790. The van der Waals surface area contributed by atoms with Crippen molar-refractivity contribution >= 4 is 16.1 Å². The number of rotatable bonds is 9. The second kappa shape index (κ2) is 9.27. The van der Waals surface area contributed by atoms with Gasteiger partial charge >= 0.3 is 0 Å². The summed E-state index contributed by atoms with van der Waals surface area (Å²) >= 11 is 0. The van der Waals surface area contributed by atoms with Crippen LogP contribution >= 0.6 is 0 Å². The van der Waals surface area contributed by atoms with Crippen LogP contribution in [-0.4, -0.2) is 82.2 Å². The van der Waals surface area contributed by atoms with Crippen molar-refractivity contribution in [2.24, 2.45) is 9.98 Å². The quantitative estimate of drug-likeness (QED) is 0.293. The zero-order valence-corrected chi connectivity index (χ0v) is 13.5. The van der Waals surface area contributed by atoms with Gasteiger partial charge in [-0.25, -0.2) is 9.98 Å². The van der Waals surface area contributed by atoms with Gasteiger partial charge in [-0.3, -0.25) is 4.55 Å². The molecule has 7 nitrogen and oxygen atoms in total. The summed E-state index contributed by atoms with van der Waals surface area (Å²) in [4.78, 5) is 7.76. The van der Waals surface area contributed by atoms with E-state index in [0.29, 0.717) is 13.0 Å². The molecule has 0 aromatic carbocycles. The van der Waals surface area contributed by atoms with Crippen molar-refractivity contribution in [2.75, 3.05) is 58.7 Å². The van der Waals surface area contributed by atoms with Crippen molar-refractivity contribution < 1.29 is 22.2 Å². The van der Waals surface area contributed by atoms with Gasteiger partial charge in [0.2, 0.25) is 0 Å². The van der Waals surface area contributed by atoms with Crippen molar-refractivity contribution in [2.45, 2.75) is 19.3 Å². The van der Waals surface area contributed by atoms with Crippen molar-refractivity contribution in [1.29, 1.82) is 0 Å². The molecule has 0 unspecified atom stereocenters. The zero-order valence-electron chi connectivity index (χ0n) is 12.7. The monoisotopic (exact) mass is 320 g/mol. The van der Waals surface area contributed by atoms with E-state index in [4.69, 9.17) is 9.29 Å². The molecule has 21 heavy (non-hydrogen) atoms. The molecule has 0 radical (unpaired) electrons. The first-order valence-corrected chi connectivity index (χ1v) is 8.97. The van der Waals surface area contributed by atoms with Gasteiger partial charge in [0.1, 0.15) is 13.1 Å².